The fraction of sp³-hybridized carbons (Fsp3) is 0.571. The molecule has 3 N–H and O–H groups in total. The molecule has 0 aliphatic carbocycles. The molecule has 23 heavy (non-hydrogen) atoms. The quantitative estimate of drug-likeness (QED) is 0.605. The second kappa shape index (κ2) is 6.37. The number of amides is 2. The molecule has 9 nitrogen and oxygen atoms in total. The summed E-state index contributed by atoms with van der Waals surface area (Å²) in [5.41, 5.74) is -2.44. The first-order valence-electron chi connectivity index (χ1n) is 7.27. The lowest BCUT2D eigenvalue weighted by molar-refractivity contribution is -0.140. The summed E-state index contributed by atoms with van der Waals surface area (Å²) in [6, 6.07) is 0.655. The number of aromatic nitrogens is 2. The van der Waals surface area contributed by atoms with Gasteiger partial charge in [-0.2, -0.15) is 0 Å². The minimum atomic E-state index is -1.34. The minimum Gasteiger partial charge on any atom is -0.386 e. The molecule has 126 valence electrons. The predicted octanol–water partition coefficient (Wildman–Crippen LogP) is -1.80. The van der Waals surface area contributed by atoms with E-state index in [4.69, 9.17) is 0 Å². The van der Waals surface area contributed by atoms with Gasteiger partial charge >= 0.3 is 5.69 Å². The van der Waals surface area contributed by atoms with Crippen LogP contribution in [0.15, 0.2) is 21.9 Å². The summed E-state index contributed by atoms with van der Waals surface area (Å²) >= 11 is 0. The summed E-state index contributed by atoms with van der Waals surface area (Å²) in [5, 5.41) is 13.1. The highest BCUT2D eigenvalue weighted by molar-refractivity contribution is 5.83. The number of H-pyrrole nitrogens is 1. The fourth-order valence-electron chi connectivity index (χ4n) is 2.80. The summed E-state index contributed by atoms with van der Waals surface area (Å²) in [7, 11) is 0. The highest BCUT2D eigenvalue weighted by Gasteiger charge is 2.40. The van der Waals surface area contributed by atoms with Crippen molar-refractivity contribution >= 4 is 11.8 Å². The summed E-state index contributed by atoms with van der Waals surface area (Å²) in [5.74, 6) is -0.604. The molecule has 0 aromatic carbocycles. The lowest BCUT2D eigenvalue weighted by Gasteiger charge is -2.43. The van der Waals surface area contributed by atoms with Gasteiger partial charge in [0.2, 0.25) is 11.8 Å². The maximum Gasteiger partial charge on any atom is 0.328 e. The van der Waals surface area contributed by atoms with Crippen LogP contribution < -0.4 is 16.6 Å². The topological polar surface area (TPSA) is 124 Å². The lowest BCUT2D eigenvalue weighted by Crippen LogP contribution is -2.57. The van der Waals surface area contributed by atoms with Crippen LogP contribution in [0.3, 0.4) is 0 Å². The second-order valence-corrected chi connectivity index (χ2v) is 5.90. The minimum absolute atomic E-state index is 0.0294. The van der Waals surface area contributed by atoms with E-state index in [-0.39, 0.29) is 24.9 Å². The molecule has 1 aliphatic heterocycles. The van der Waals surface area contributed by atoms with Crippen molar-refractivity contribution in [3.63, 3.8) is 0 Å². The van der Waals surface area contributed by atoms with Crippen molar-refractivity contribution in [2.75, 3.05) is 19.6 Å². The van der Waals surface area contributed by atoms with Gasteiger partial charge in [-0.1, -0.05) is 0 Å². The molecular weight excluding hydrogens is 304 g/mol. The van der Waals surface area contributed by atoms with E-state index >= 15 is 0 Å². The van der Waals surface area contributed by atoms with Crippen molar-refractivity contribution in [1.82, 2.24) is 19.8 Å². The molecule has 2 heterocycles. The maximum absolute atomic E-state index is 12.0. The molecule has 0 saturated carbocycles. The van der Waals surface area contributed by atoms with Gasteiger partial charge in [0.15, 0.2) is 0 Å². The van der Waals surface area contributed by atoms with Gasteiger partial charge in [0, 0.05) is 25.7 Å². The second-order valence-electron chi connectivity index (χ2n) is 5.90. The number of aromatic amines is 1. The van der Waals surface area contributed by atoms with E-state index in [0.717, 1.165) is 0 Å². The first kappa shape index (κ1) is 16.9. The molecule has 1 fully saturated rings. The van der Waals surface area contributed by atoms with Crippen molar-refractivity contribution in [3.05, 3.63) is 33.1 Å². The third kappa shape index (κ3) is 3.86. The van der Waals surface area contributed by atoms with E-state index in [1.165, 1.54) is 35.6 Å². The van der Waals surface area contributed by atoms with Gasteiger partial charge in [0.05, 0.1) is 19.1 Å². The Labute approximate surface area is 131 Å². The van der Waals surface area contributed by atoms with Gasteiger partial charge < -0.3 is 15.3 Å². The van der Waals surface area contributed by atoms with Crippen LogP contribution in [0.25, 0.3) is 0 Å². The fourth-order valence-corrected chi connectivity index (χ4v) is 2.80. The molecule has 0 bridgehead atoms. The summed E-state index contributed by atoms with van der Waals surface area (Å²) in [4.78, 5) is 49.5. The molecule has 2 atom stereocenters. The van der Waals surface area contributed by atoms with Crippen LogP contribution in [0.2, 0.25) is 0 Å². The molecule has 2 amide bonds. The average Bonchev–Trinajstić information content (AvgIpc) is 2.44. The molecular formula is C14H20N4O5. The molecule has 0 unspecified atom stereocenters. The van der Waals surface area contributed by atoms with Gasteiger partial charge in [0.25, 0.3) is 5.56 Å². The zero-order valence-corrected chi connectivity index (χ0v) is 13.0. The number of nitrogens with one attached hydrogen (secondary N) is 2. The van der Waals surface area contributed by atoms with Crippen molar-refractivity contribution < 1.29 is 14.7 Å². The Bertz CT molecular complexity index is 720. The number of hydrogen-bond donors (Lipinski definition) is 3. The van der Waals surface area contributed by atoms with Crippen LogP contribution in [-0.2, 0) is 9.59 Å². The zero-order valence-electron chi connectivity index (χ0n) is 13.0. The van der Waals surface area contributed by atoms with E-state index in [1.54, 1.807) is 0 Å². The number of nitrogens with zero attached hydrogens (tertiary/aromatic N) is 2. The number of carbonyl (C=O) groups is 2. The smallest absolute Gasteiger partial charge is 0.328 e. The largest absolute Gasteiger partial charge is 0.386 e. The number of carbonyl (C=O) groups excluding carboxylic acids is 2. The number of likely N-dealkylation sites (tertiary alicyclic amines) is 1. The standard InChI is InChI=1S/C14H20N4O5/c1-9(19)15-7-12(21)17-5-3-10(14(2,23)8-17)18-6-4-11(20)16-13(18)22/h4,6,10,23H,3,5,7-8H2,1-2H3,(H,15,19)(H,16,20,22)/t10-,14-/m1/s1. The van der Waals surface area contributed by atoms with E-state index in [0.29, 0.717) is 13.0 Å². The van der Waals surface area contributed by atoms with Crippen LogP contribution in [0.1, 0.15) is 26.3 Å². The van der Waals surface area contributed by atoms with Crippen LogP contribution >= 0.6 is 0 Å². The number of hydrogen-bond acceptors (Lipinski definition) is 5. The van der Waals surface area contributed by atoms with Crippen molar-refractivity contribution in [1.29, 1.82) is 0 Å². The highest BCUT2D eigenvalue weighted by Crippen LogP contribution is 2.30. The van der Waals surface area contributed by atoms with Gasteiger partial charge in [-0.25, -0.2) is 4.79 Å². The molecule has 1 aliphatic rings. The van der Waals surface area contributed by atoms with Crippen molar-refractivity contribution in [3.8, 4) is 0 Å². The Morgan fingerprint density at radius 2 is 2.17 bits per heavy atom. The van der Waals surface area contributed by atoms with Gasteiger partial charge in [-0.3, -0.25) is 23.9 Å². The van der Waals surface area contributed by atoms with Crippen LogP contribution in [0, 0.1) is 0 Å². The first-order valence-corrected chi connectivity index (χ1v) is 7.27. The third-order valence-corrected chi connectivity index (χ3v) is 3.93. The highest BCUT2D eigenvalue weighted by atomic mass is 16.3. The van der Waals surface area contributed by atoms with Gasteiger partial charge in [-0.05, 0) is 13.3 Å². The Kier molecular flexibility index (Phi) is 4.69. The van der Waals surface area contributed by atoms with E-state index < -0.39 is 22.9 Å². The van der Waals surface area contributed by atoms with E-state index in [9.17, 15) is 24.3 Å². The number of β-amino-alcohol motifs (C(OH)–C–C–N with tert-alkyl or cyclic N) is 1. The molecule has 1 aromatic rings. The Hall–Kier alpha value is -2.42. The predicted molar refractivity (Wildman–Crippen MR) is 80.9 cm³/mol. The zero-order chi connectivity index (χ0) is 17.2. The maximum atomic E-state index is 12.0. The lowest BCUT2D eigenvalue weighted by atomic mass is 9.88. The normalized spacial score (nSPS) is 24.3. The Morgan fingerprint density at radius 3 is 2.74 bits per heavy atom. The molecule has 1 saturated heterocycles. The first-order chi connectivity index (χ1) is 10.7. The summed E-state index contributed by atoms with van der Waals surface area (Å²) in [6.45, 7) is 3.09. The third-order valence-electron chi connectivity index (χ3n) is 3.93. The van der Waals surface area contributed by atoms with Crippen molar-refractivity contribution in [2.45, 2.75) is 31.9 Å². The molecule has 2 rings (SSSR count). The van der Waals surface area contributed by atoms with Crippen molar-refractivity contribution in [2.24, 2.45) is 0 Å². The Balaban J connectivity index is 2.14. The summed E-state index contributed by atoms with van der Waals surface area (Å²) < 4.78 is 1.27. The van der Waals surface area contributed by atoms with Crippen LogP contribution in [-0.4, -0.2) is 56.6 Å². The molecule has 1 aromatic heterocycles. The molecule has 0 spiro atoms. The number of piperidine rings is 1. The van der Waals surface area contributed by atoms with Gasteiger partial charge in [0.1, 0.15) is 5.60 Å². The Morgan fingerprint density at radius 1 is 1.48 bits per heavy atom. The molecule has 0 radical (unpaired) electrons. The molecule has 9 heteroatoms. The number of aliphatic hydroxyl groups is 1. The van der Waals surface area contributed by atoms with Crippen LogP contribution in [0.4, 0.5) is 0 Å². The van der Waals surface area contributed by atoms with E-state index in [1.807, 2.05) is 0 Å². The van der Waals surface area contributed by atoms with Crippen LogP contribution in [0.5, 0.6) is 0 Å². The summed E-state index contributed by atoms with van der Waals surface area (Å²) in [6.07, 6.45) is 1.69. The van der Waals surface area contributed by atoms with E-state index in [2.05, 4.69) is 10.3 Å². The number of rotatable bonds is 3. The monoisotopic (exact) mass is 324 g/mol. The SMILES string of the molecule is CC(=O)NCC(=O)N1CC[C@@H](n2ccc(=O)[nH]c2=O)[C@](C)(O)C1. The average molecular weight is 324 g/mol. The van der Waals surface area contributed by atoms with Gasteiger partial charge in [-0.15, -0.1) is 0 Å².